The standard InChI is InChI=1S/C30H23N5O6/c1-41-23-15-16(35(39)40)12-13-21(23)33-27(37)24-22-11-6-14-32(22)30(25(24)28(33)38)18-8-3-5-10-20(18)34-26(36)17-7-2-4-9-19(17)31-29(30)34/h2-5,7-10,12-13,15,22,24-25H,6,11,14H2,1H3/t22-,24+,25-,30-/m1/s1. The van der Waals surface area contributed by atoms with Crippen LogP contribution in [0.25, 0.3) is 16.6 Å². The van der Waals surface area contributed by atoms with E-state index in [0.29, 0.717) is 35.4 Å². The maximum atomic E-state index is 14.6. The summed E-state index contributed by atoms with van der Waals surface area (Å²) in [7, 11) is 1.35. The summed E-state index contributed by atoms with van der Waals surface area (Å²) in [5.41, 5.74) is 0.554. The first-order valence-electron chi connectivity index (χ1n) is 13.5. The normalized spacial score (nSPS) is 26.0. The summed E-state index contributed by atoms with van der Waals surface area (Å²) in [6, 6.07) is 18.3. The SMILES string of the molecule is COc1cc([N+](=O)[O-])ccc1N1C(=O)[C@H]2[C@H]3CCCN3[C@]3(c4ccccc4-n4c3nc3ccccc3c4=O)[C@H]2C1=O. The fraction of sp³-hybridized carbons (Fsp3) is 0.267. The Labute approximate surface area is 232 Å². The molecule has 1 spiro atoms. The van der Waals surface area contributed by atoms with Crippen molar-refractivity contribution in [1.29, 1.82) is 0 Å². The predicted octanol–water partition coefficient (Wildman–Crippen LogP) is 3.14. The van der Waals surface area contributed by atoms with Gasteiger partial charge in [-0.3, -0.25) is 34.0 Å². The third kappa shape index (κ3) is 2.76. The molecule has 8 rings (SSSR count). The van der Waals surface area contributed by atoms with E-state index in [-0.39, 0.29) is 34.6 Å². The number of benzene rings is 3. The van der Waals surface area contributed by atoms with E-state index in [1.807, 2.05) is 30.3 Å². The Bertz CT molecular complexity index is 1920. The molecule has 0 unspecified atom stereocenters. The Hall–Kier alpha value is -4.90. The third-order valence-corrected chi connectivity index (χ3v) is 9.26. The van der Waals surface area contributed by atoms with Crippen molar-refractivity contribution in [2.24, 2.45) is 11.8 Å². The maximum Gasteiger partial charge on any atom is 0.273 e. The molecule has 4 aromatic rings. The molecular weight excluding hydrogens is 526 g/mol. The first-order chi connectivity index (χ1) is 19.9. The van der Waals surface area contributed by atoms with Crippen molar-refractivity contribution < 1.29 is 19.2 Å². The lowest BCUT2D eigenvalue weighted by atomic mass is 9.75. The lowest BCUT2D eigenvalue weighted by Crippen LogP contribution is -2.51. The molecule has 0 radical (unpaired) electrons. The smallest absolute Gasteiger partial charge is 0.273 e. The first kappa shape index (κ1) is 23.9. The average Bonchev–Trinajstić information content (AvgIpc) is 3.70. The highest BCUT2D eigenvalue weighted by molar-refractivity contribution is 6.24. The summed E-state index contributed by atoms with van der Waals surface area (Å²) >= 11 is 0. The van der Waals surface area contributed by atoms with Crippen LogP contribution in [0.5, 0.6) is 5.75 Å². The number of carbonyl (C=O) groups is 2. The van der Waals surface area contributed by atoms with Crippen LogP contribution in [0.1, 0.15) is 24.2 Å². The molecule has 11 nitrogen and oxygen atoms in total. The maximum absolute atomic E-state index is 14.6. The molecule has 11 heteroatoms. The van der Waals surface area contributed by atoms with Gasteiger partial charge in [0.05, 0.1) is 52.2 Å². The molecule has 4 aliphatic heterocycles. The van der Waals surface area contributed by atoms with Crippen LogP contribution < -0.4 is 15.2 Å². The van der Waals surface area contributed by atoms with E-state index in [1.165, 1.54) is 25.3 Å². The van der Waals surface area contributed by atoms with E-state index < -0.39 is 28.2 Å². The van der Waals surface area contributed by atoms with Crippen LogP contribution in [0.2, 0.25) is 0 Å². The second-order valence-electron chi connectivity index (χ2n) is 10.9. The van der Waals surface area contributed by atoms with Crippen molar-refractivity contribution in [3.63, 3.8) is 0 Å². The molecule has 204 valence electrons. The number of fused-ring (bicyclic) bond motifs is 11. The van der Waals surface area contributed by atoms with Gasteiger partial charge in [0, 0.05) is 17.7 Å². The van der Waals surface area contributed by atoms with Crippen molar-refractivity contribution in [2.45, 2.75) is 24.4 Å². The molecule has 3 saturated heterocycles. The Morgan fingerprint density at radius 2 is 1.78 bits per heavy atom. The number of aromatic nitrogens is 2. The molecule has 0 N–H and O–H groups in total. The minimum atomic E-state index is -1.14. The van der Waals surface area contributed by atoms with Gasteiger partial charge in [-0.2, -0.15) is 0 Å². The molecule has 4 atom stereocenters. The second-order valence-corrected chi connectivity index (χ2v) is 10.9. The Balaban J connectivity index is 1.40. The van der Waals surface area contributed by atoms with Crippen LogP contribution in [-0.2, 0) is 15.1 Å². The van der Waals surface area contributed by atoms with Crippen molar-refractivity contribution in [1.82, 2.24) is 14.5 Å². The number of hydrogen-bond donors (Lipinski definition) is 0. The molecule has 3 fully saturated rings. The number of nitro groups is 1. The second kappa shape index (κ2) is 8.07. The van der Waals surface area contributed by atoms with Crippen molar-refractivity contribution in [3.05, 3.63) is 98.6 Å². The molecule has 0 bridgehead atoms. The fourth-order valence-corrected chi connectivity index (χ4v) is 7.82. The zero-order valence-corrected chi connectivity index (χ0v) is 21.9. The van der Waals surface area contributed by atoms with Gasteiger partial charge in [-0.25, -0.2) is 9.88 Å². The zero-order chi connectivity index (χ0) is 28.2. The van der Waals surface area contributed by atoms with Crippen molar-refractivity contribution >= 4 is 34.1 Å². The van der Waals surface area contributed by atoms with E-state index >= 15 is 0 Å². The van der Waals surface area contributed by atoms with E-state index in [2.05, 4.69) is 4.90 Å². The average molecular weight is 550 g/mol. The molecule has 2 amide bonds. The molecule has 41 heavy (non-hydrogen) atoms. The molecule has 0 aliphatic carbocycles. The van der Waals surface area contributed by atoms with Crippen LogP contribution in [0.15, 0.2) is 71.5 Å². The van der Waals surface area contributed by atoms with E-state index in [9.17, 15) is 24.5 Å². The number of anilines is 1. The zero-order valence-electron chi connectivity index (χ0n) is 21.9. The third-order valence-electron chi connectivity index (χ3n) is 9.26. The van der Waals surface area contributed by atoms with E-state index in [1.54, 1.807) is 22.8 Å². The van der Waals surface area contributed by atoms with Gasteiger partial charge >= 0.3 is 0 Å². The number of hydrogen-bond acceptors (Lipinski definition) is 8. The number of methoxy groups -OCH3 is 1. The fourth-order valence-electron chi connectivity index (χ4n) is 7.82. The van der Waals surface area contributed by atoms with Gasteiger partial charge in [0.15, 0.2) is 0 Å². The number of carbonyl (C=O) groups excluding carboxylic acids is 2. The van der Waals surface area contributed by atoms with Crippen molar-refractivity contribution in [3.8, 4) is 11.4 Å². The number of para-hydroxylation sites is 2. The quantitative estimate of drug-likeness (QED) is 0.217. The first-order valence-corrected chi connectivity index (χ1v) is 13.5. The van der Waals surface area contributed by atoms with Crippen LogP contribution >= 0.6 is 0 Å². The molecule has 5 heterocycles. The Kier molecular flexibility index (Phi) is 4.71. The number of imide groups is 1. The van der Waals surface area contributed by atoms with Crippen molar-refractivity contribution in [2.75, 3.05) is 18.6 Å². The Morgan fingerprint density at radius 1 is 1.00 bits per heavy atom. The minimum absolute atomic E-state index is 0.0609. The summed E-state index contributed by atoms with van der Waals surface area (Å²) in [6.07, 6.45) is 1.55. The minimum Gasteiger partial charge on any atom is -0.494 e. The van der Waals surface area contributed by atoms with Crippen LogP contribution in [-0.4, -0.2) is 50.9 Å². The summed E-state index contributed by atoms with van der Waals surface area (Å²) < 4.78 is 7.04. The lowest BCUT2D eigenvalue weighted by molar-refractivity contribution is -0.384. The van der Waals surface area contributed by atoms with Gasteiger partial charge in [-0.1, -0.05) is 30.3 Å². The van der Waals surface area contributed by atoms with Crippen LogP contribution in [0.3, 0.4) is 0 Å². The predicted molar refractivity (Wildman–Crippen MR) is 147 cm³/mol. The van der Waals surface area contributed by atoms with Gasteiger partial charge in [-0.15, -0.1) is 0 Å². The molecule has 0 saturated carbocycles. The molecular formula is C30H23N5O6. The summed E-state index contributed by atoms with van der Waals surface area (Å²) in [5.74, 6) is -1.85. The van der Waals surface area contributed by atoms with E-state index in [4.69, 9.17) is 9.72 Å². The summed E-state index contributed by atoms with van der Waals surface area (Å²) in [4.78, 5) is 62.1. The number of nitrogens with zero attached hydrogens (tertiary/aromatic N) is 5. The van der Waals surface area contributed by atoms with Gasteiger partial charge < -0.3 is 4.74 Å². The molecule has 3 aromatic carbocycles. The topological polar surface area (TPSA) is 128 Å². The number of amides is 2. The number of rotatable bonds is 3. The van der Waals surface area contributed by atoms with Gasteiger partial charge in [0.25, 0.3) is 11.2 Å². The van der Waals surface area contributed by atoms with Gasteiger partial charge in [-0.05, 0) is 43.7 Å². The summed E-state index contributed by atoms with van der Waals surface area (Å²) in [6.45, 7) is 0.649. The van der Waals surface area contributed by atoms with Gasteiger partial charge in [0.1, 0.15) is 17.1 Å². The lowest BCUT2D eigenvalue weighted by Gasteiger charge is -2.38. The highest BCUT2D eigenvalue weighted by atomic mass is 16.6. The number of nitro benzene ring substituents is 1. The number of ether oxygens (including phenoxy) is 1. The molecule has 4 aliphatic rings. The highest BCUT2D eigenvalue weighted by Crippen LogP contribution is 2.62. The molecule has 1 aromatic heterocycles. The highest BCUT2D eigenvalue weighted by Gasteiger charge is 2.74. The Morgan fingerprint density at radius 3 is 2.59 bits per heavy atom. The number of non-ortho nitro benzene ring substituents is 1. The van der Waals surface area contributed by atoms with Crippen LogP contribution in [0, 0.1) is 22.0 Å². The largest absolute Gasteiger partial charge is 0.494 e. The monoisotopic (exact) mass is 549 g/mol. The van der Waals surface area contributed by atoms with Crippen LogP contribution in [0.4, 0.5) is 11.4 Å². The van der Waals surface area contributed by atoms with E-state index in [0.717, 1.165) is 16.9 Å². The van der Waals surface area contributed by atoms with Gasteiger partial charge in [0.2, 0.25) is 11.8 Å². The summed E-state index contributed by atoms with van der Waals surface area (Å²) in [5, 5.41) is 11.9.